The van der Waals surface area contributed by atoms with Gasteiger partial charge >= 0.3 is 0 Å². The maximum atomic E-state index is 5.60. The summed E-state index contributed by atoms with van der Waals surface area (Å²) in [4.78, 5) is 4.45. The van der Waals surface area contributed by atoms with Crippen molar-refractivity contribution in [3.05, 3.63) is 24.1 Å². The molecular formula is C15H22N2O. The Morgan fingerprint density at radius 2 is 2.00 bits per heavy atom. The summed E-state index contributed by atoms with van der Waals surface area (Å²) in [6.07, 6.45) is 3.27. The minimum atomic E-state index is 0.740. The van der Waals surface area contributed by atoms with Crippen LogP contribution in [0, 0.1) is 5.92 Å². The van der Waals surface area contributed by atoms with Crippen molar-refractivity contribution in [1.29, 1.82) is 0 Å². The van der Waals surface area contributed by atoms with Gasteiger partial charge in [0.15, 0.2) is 11.5 Å². The van der Waals surface area contributed by atoms with Crippen molar-refractivity contribution in [2.45, 2.75) is 40.0 Å². The van der Waals surface area contributed by atoms with Crippen LogP contribution in [0.2, 0.25) is 0 Å². The van der Waals surface area contributed by atoms with Gasteiger partial charge in [-0.1, -0.05) is 33.6 Å². The molecule has 98 valence electrons. The molecule has 0 saturated heterocycles. The summed E-state index contributed by atoms with van der Waals surface area (Å²) < 4.78 is 5.60. The van der Waals surface area contributed by atoms with Crippen LogP contribution in [0.3, 0.4) is 0 Å². The van der Waals surface area contributed by atoms with E-state index in [4.69, 9.17) is 4.42 Å². The van der Waals surface area contributed by atoms with Gasteiger partial charge in [-0.15, -0.1) is 0 Å². The molecule has 0 spiro atoms. The Morgan fingerprint density at radius 1 is 1.22 bits per heavy atom. The molecule has 18 heavy (non-hydrogen) atoms. The third kappa shape index (κ3) is 2.84. The first-order valence-corrected chi connectivity index (χ1v) is 6.90. The van der Waals surface area contributed by atoms with Crippen LogP contribution in [0.4, 0.5) is 5.69 Å². The number of nitrogens with zero attached hydrogens (tertiary/aromatic N) is 1. The molecule has 1 aromatic carbocycles. The maximum absolute atomic E-state index is 5.60. The highest BCUT2D eigenvalue weighted by Gasteiger charge is 2.06. The van der Waals surface area contributed by atoms with Crippen molar-refractivity contribution in [2.24, 2.45) is 5.92 Å². The van der Waals surface area contributed by atoms with Crippen molar-refractivity contribution in [2.75, 3.05) is 11.9 Å². The highest BCUT2D eigenvalue weighted by atomic mass is 16.3. The molecule has 0 radical (unpaired) electrons. The van der Waals surface area contributed by atoms with Crippen molar-refractivity contribution >= 4 is 16.8 Å². The molecule has 0 amide bonds. The highest BCUT2D eigenvalue weighted by Crippen LogP contribution is 2.21. The van der Waals surface area contributed by atoms with E-state index in [2.05, 4.69) is 43.2 Å². The van der Waals surface area contributed by atoms with E-state index >= 15 is 0 Å². The van der Waals surface area contributed by atoms with E-state index in [0.29, 0.717) is 0 Å². The Balaban J connectivity index is 2.09. The number of fused-ring (bicyclic) bond motifs is 1. The quantitative estimate of drug-likeness (QED) is 0.828. The van der Waals surface area contributed by atoms with Crippen LogP contribution < -0.4 is 5.32 Å². The van der Waals surface area contributed by atoms with E-state index in [1.165, 1.54) is 12.8 Å². The van der Waals surface area contributed by atoms with E-state index in [1.807, 2.05) is 6.07 Å². The van der Waals surface area contributed by atoms with Gasteiger partial charge in [-0.3, -0.25) is 0 Å². The van der Waals surface area contributed by atoms with Gasteiger partial charge in [0.1, 0.15) is 5.52 Å². The third-order valence-corrected chi connectivity index (χ3v) is 3.48. The molecule has 0 unspecified atom stereocenters. The zero-order valence-electron chi connectivity index (χ0n) is 11.5. The van der Waals surface area contributed by atoms with Crippen LogP contribution in [0.1, 0.15) is 39.5 Å². The summed E-state index contributed by atoms with van der Waals surface area (Å²) in [7, 11) is 0. The lowest BCUT2D eigenvalue weighted by molar-refractivity contribution is 0.519. The van der Waals surface area contributed by atoms with Crippen LogP contribution >= 0.6 is 0 Å². The number of rotatable bonds is 6. The molecule has 3 heteroatoms. The van der Waals surface area contributed by atoms with Crippen molar-refractivity contribution in [1.82, 2.24) is 4.98 Å². The van der Waals surface area contributed by atoms with E-state index in [-0.39, 0.29) is 0 Å². The van der Waals surface area contributed by atoms with E-state index < -0.39 is 0 Å². The topological polar surface area (TPSA) is 38.1 Å². The van der Waals surface area contributed by atoms with Gasteiger partial charge in [0.05, 0.1) is 0 Å². The average Bonchev–Trinajstić information content (AvgIpc) is 2.82. The molecule has 2 rings (SSSR count). The minimum absolute atomic E-state index is 0.740. The van der Waals surface area contributed by atoms with Gasteiger partial charge < -0.3 is 9.73 Å². The van der Waals surface area contributed by atoms with Crippen LogP contribution in [0.15, 0.2) is 22.6 Å². The molecule has 0 aliphatic carbocycles. The highest BCUT2D eigenvalue weighted by molar-refractivity contribution is 5.77. The number of oxazole rings is 1. The SMILES string of the molecule is CCc1nc2cc(NCC(CC)CC)ccc2o1. The molecule has 0 saturated carbocycles. The first-order valence-electron chi connectivity index (χ1n) is 6.90. The minimum Gasteiger partial charge on any atom is -0.441 e. The number of hydrogen-bond acceptors (Lipinski definition) is 3. The van der Waals surface area contributed by atoms with Crippen LogP contribution in [-0.4, -0.2) is 11.5 Å². The largest absolute Gasteiger partial charge is 0.441 e. The summed E-state index contributed by atoms with van der Waals surface area (Å²) in [5, 5.41) is 3.48. The predicted octanol–water partition coefficient (Wildman–Crippen LogP) is 4.24. The van der Waals surface area contributed by atoms with Crippen LogP contribution in [0.5, 0.6) is 0 Å². The second-order valence-corrected chi connectivity index (χ2v) is 4.71. The summed E-state index contributed by atoms with van der Waals surface area (Å²) in [6, 6.07) is 6.13. The van der Waals surface area contributed by atoms with Crippen molar-refractivity contribution in [3.8, 4) is 0 Å². The molecule has 1 aromatic heterocycles. The van der Waals surface area contributed by atoms with Crippen molar-refractivity contribution < 1.29 is 4.42 Å². The molecule has 3 nitrogen and oxygen atoms in total. The predicted molar refractivity (Wildman–Crippen MR) is 75.9 cm³/mol. The number of anilines is 1. The maximum Gasteiger partial charge on any atom is 0.195 e. The second kappa shape index (κ2) is 5.89. The Morgan fingerprint density at radius 3 is 2.67 bits per heavy atom. The van der Waals surface area contributed by atoms with E-state index in [0.717, 1.165) is 41.6 Å². The lowest BCUT2D eigenvalue weighted by Crippen LogP contribution is -2.12. The Kier molecular flexibility index (Phi) is 4.24. The number of aromatic nitrogens is 1. The zero-order valence-corrected chi connectivity index (χ0v) is 11.5. The van der Waals surface area contributed by atoms with Gasteiger partial charge in [0.2, 0.25) is 0 Å². The summed E-state index contributed by atoms with van der Waals surface area (Å²) >= 11 is 0. The monoisotopic (exact) mass is 246 g/mol. The smallest absolute Gasteiger partial charge is 0.195 e. The molecular weight excluding hydrogens is 224 g/mol. The van der Waals surface area contributed by atoms with Gasteiger partial charge in [-0.05, 0) is 24.1 Å². The molecule has 0 atom stereocenters. The lowest BCUT2D eigenvalue weighted by Gasteiger charge is -2.14. The Hall–Kier alpha value is -1.51. The number of benzene rings is 1. The van der Waals surface area contributed by atoms with E-state index in [1.54, 1.807) is 0 Å². The molecule has 1 heterocycles. The van der Waals surface area contributed by atoms with E-state index in [9.17, 15) is 0 Å². The summed E-state index contributed by atoms with van der Waals surface area (Å²) in [5.41, 5.74) is 2.95. The second-order valence-electron chi connectivity index (χ2n) is 4.71. The fourth-order valence-corrected chi connectivity index (χ4v) is 2.08. The first kappa shape index (κ1) is 12.9. The third-order valence-electron chi connectivity index (χ3n) is 3.48. The van der Waals surface area contributed by atoms with Crippen molar-refractivity contribution in [3.63, 3.8) is 0 Å². The Bertz CT molecular complexity index is 500. The number of aryl methyl sites for hydroxylation is 1. The number of hydrogen-bond donors (Lipinski definition) is 1. The molecule has 0 aliphatic heterocycles. The molecule has 0 bridgehead atoms. The summed E-state index contributed by atoms with van der Waals surface area (Å²) in [5.74, 6) is 1.55. The van der Waals surface area contributed by atoms with Gasteiger partial charge in [0.25, 0.3) is 0 Å². The summed E-state index contributed by atoms with van der Waals surface area (Å²) in [6.45, 7) is 7.56. The fraction of sp³-hybridized carbons (Fsp3) is 0.533. The van der Waals surface area contributed by atoms with Gasteiger partial charge in [-0.25, -0.2) is 4.98 Å². The molecule has 1 N–H and O–H groups in total. The standard InChI is InChI=1S/C15H22N2O/c1-4-11(5-2)10-16-12-7-8-14-13(9-12)17-15(6-3)18-14/h7-9,11,16H,4-6,10H2,1-3H3. The number of nitrogens with one attached hydrogen (secondary N) is 1. The van der Waals surface area contributed by atoms with Gasteiger partial charge in [0, 0.05) is 18.7 Å². The first-order chi connectivity index (χ1) is 8.76. The average molecular weight is 246 g/mol. The van der Waals surface area contributed by atoms with Crippen LogP contribution in [-0.2, 0) is 6.42 Å². The zero-order chi connectivity index (χ0) is 13.0. The fourth-order valence-electron chi connectivity index (χ4n) is 2.08. The Labute approximate surface area is 109 Å². The molecule has 2 aromatic rings. The molecule has 0 aliphatic rings. The normalized spacial score (nSPS) is 11.3. The lowest BCUT2D eigenvalue weighted by atomic mass is 10.0. The van der Waals surface area contributed by atoms with Crippen LogP contribution in [0.25, 0.3) is 11.1 Å². The van der Waals surface area contributed by atoms with Gasteiger partial charge in [-0.2, -0.15) is 0 Å². The molecule has 0 fully saturated rings.